The molecule has 12 nitrogen and oxygen atoms in total. The maximum atomic E-state index is 4.67. The van der Waals surface area contributed by atoms with Gasteiger partial charge >= 0.3 is 11.9 Å². The van der Waals surface area contributed by atoms with Crippen LogP contribution in [0, 0.1) is 0 Å². The minimum atomic E-state index is 0.822. The molecule has 0 bridgehead atoms. The van der Waals surface area contributed by atoms with Gasteiger partial charge in [-0.05, 0) is 147 Å². The first-order chi connectivity index (χ1) is 28.5. The number of nitrogens with zero attached hydrogens (tertiary/aromatic N) is 9. The molecule has 2 saturated heterocycles. The molecule has 12 heteroatoms. The second-order valence-electron chi connectivity index (χ2n) is 15.6. The first-order valence-corrected chi connectivity index (χ1v) is 21.0. The van der Waals surface area contributed by atoms with Crippen LogP contribution in [0.5, 0.6) is 0 Å². The highest BCUT2D eigenvalue weighted by Crippen LogP contribution is 2.27. The normalized spacial score (nSPS) is 16.8. The Hall–Kier alpha value is -6.14. The Morgan fingerprint density at radius 2 is 1.05 bits per heavy atom. The van der Waals surface area contributed by atoms with Crippen LogP contribution in [0.15, 0.2) is 142 Å². The molecule has 3 N–H and O–H groups in total. The number of aryl methyl sites for hydroxylation is 2. The van der Waals surface area contributed by atoms with E-state index in [9.17, 15) is 0 Å². The van der Waals surface area contributed by atoms with Crippen LogP contribution in [-0.4, -0.2) is 54.9 Å². The Morgan fingerprint density at radius 1 is 0.569 bits per heavy atom. The fraction of sp³-hybridized carbons (Fsp3) is 0.348. The summed E-state index contributed by atoms with van der Waals surface area (Å²) in [6.07, 6.45) is 18.0. The molecule has 4 heterocycles. The zero-order valence-electron chi connectivity index (χ0n) is 34.0. The number of unbranched alkanes of at least 4 members (excludes halogenated alkanes) is 3. The van der Waals surface area contributed by atoms with Crippen molar-refractivity contribution < 1.29 is 14.0 Å². The molecular weight excluding hydrogens is 721 g/mol. The van der Waals surface area contributed by atoms with Crippen LogP contribution in [0.1, 0.15) is 51.4 Å². The molecule has 8 rings (SSSR count). The first kappa shape index (κ1) is 38.7. The SMILES string of the molecule is C[N+]1=C(N=Nc2ccc(Nc3ccc(N4CCCC4)cc3)cc2)[NH+](CCCCCCn2cc[n+](C)c2N=Nc2ccc(Nc3ccc(N4CCCC4)cc3)cc2)C=C1. The summed E-state index contributed by atoms with van der Waals surface area (Å²) in [6.45, 7) is 6.51. The summed E-state index contributed by atoms with van der Waals surface area (Å²) in [5, 5.41) is 25.5. The summed E-state index contributed by atoms with van der Waals surface area (Å²) in [5.74, 6) is 1.76. The van der Waals surface area contributed by atoms with E-state index in [4.69, 9.17) is 0 Å². The molecule has 298 valence electrons. The van der Waals surface area contributed by atoms with Crippen molar-refractivity contribution in [1.29, 1.82) is 0 Å². The number of nitrogens with one attached hydrogen (secondary N) is 3. The van der Waals surface area contributed by atoms with Gasteiger partial charge in [0, 0.05) is 65.4 Å². The van der Waals surface area contributed by atoms with Crippen LogP contribution in [-0.2, 0) is 13.6 Å². The summed E-state index contributed by atoms with van der Waals surface area (Å²) in [4.78, 5) is 6.14. The van der Waals surface area contributed by atoms with Crippen molar-refractivity contribution in [2.45, 2.75) is 57.9 Å². The lowest BCUT2D eigenvalue weighted by atomic mass is 10.2. The topological polar surface area (TPSA) is 96.2 Å². The highest BCUT2D eigenvalue weighted by Gasteiger charge is 2.30. The van der Waals surface area contributed by atoms with Gasteiger partial charge < -0.3 is 20.4 Å². The zero-order chi connectivity index (χ0) is 39.5. The van der Waals surface area contributed by atoms with Crippen molar-refractivity contribution in [2.24, 2.45) is 27.5 Å². The molecular formula is C46H57N12+3. The smallest absolute Gasteiger partial charge is 0.372 e. The van der Waals surface area contributed by atoms with Gasteiger partial charge in [0.1, 0.15) is 28.9 Å². The molecule has 1 atom stereocenters. The van der Waals surface area contributed by atoms with Crippen molar-refractivity contribution in [3.63, 3.8) is 0 Å². The van der Waals surface area contributed by atoms with E-state index in [1.807, 2.05) is 49.1 Å². The summed E-state index contributed by atoms with van der Waals surface area (Å²) < 4.78 is 6.27. The summed E-state index contributed by atoms with van der Waals surface area (Å²) >= 11 is 0. The quantitative estimate of drug-likeness (QED) is 0.0529. The number of rotatable bonds is 16. The molecule has 4 aromatic carbocycles. The van der Waals surface area contributed by atoms with Crippen LogP contribution in [0.2, 0.25) is 0 Å². The number of hydrogen-bond acceptors (Lipinski definition) is 8. The number of hydrogen-bond donors (Lipinski definition) is 3. The molecule has 3 aliphatic rings. The van der Waals surface area contributed by atoms with Gasteiger partial charge in [0.05, 0.1) is 39.6 Å². The molecule has 0 radical (unpaired) electrons. The number of aromatic nitrogens is 2. The maximum absolute atomic E-state index is 4.67. The van der Waals surface area contributed by atoms with E-state index in [-0.39, 0.29) is 0 Å². The Labute approximate surface area is 342 Å². The van der Waals surface area contributed by atoms with Gasteiger partial charge in [0.25, 0.3) is 0 Å². The van der Waals surface area contributed by atoms with E-state index in [0.29, 0.717) is 0 Å². The van der Waals surface area contributed by atoms with Crippen molar-refractivity contribution in [1.82, 2.24) is 4.57 Å². The zero-order valence-corrected chi connectivity index (χ0v) is 34.0. The summed E-state index contributed by atoms with van der Waals surface area (Å²) in [7, 11) is 4.05. The van der Waals surface area contributed by atoms with Crippen molar-refractivity contribution in [3.8, 4) is 0 Å². The van der Waals surface area contributed by atoms with Crippen LogP contribution in [0.4, 0.5) is 51.4 Å². The van der Waals surface area contributed by atoms with Gasteiger partial charge in [-0.25, -0.2) is 9.13 Å². The molecule has 1 aromatic heterocycles. The van der Waals surface area contributed by atoms with E-state index < -0.39 is 0 Å². The maximum Gasteiger partial charge on any atom is 0.524 e. The van der Waals surface area contributed by atoms with E-state index in [1.165, 1.54) is 42.0 Å². The highest BCUT2D eigenvalue weighted by molar-refractivity contribution is 5.69. The van der Waals surface area contributed by atoms with Gasteiger partial charge in [0.2, 0.25) is 0 Å². The molecule has 3 aliphatic heterocycles. The lowest BCUT2D eigenvalue weighted by molar-refractivity contribution is -0.760. The number of guanidine groups is 1. The van der Waals surface area contributed by atoms with E-state index in [1.54, 1.807) is 0 Å². The van der Waals surface area contributed by atoms with E-state index in [0.717, 1.165) is 111 Å². The second kappa shape index (κ2) is 18.9. The van der Waals surface area contributed by atoms with Gasteiger partial charge in [-0.1, -0.05) is 11.5 Å². The first-order valence-electron chi connectivity index (χ1n) is 21.0. The number of imidazole rings is 1. The van der Waals surface area contributed by atoms with Crippen molar-refractivity contribution >= 4 is 57.4 Å². The van der Waals surface area contributed by atoms with Crippen molar-refractivity contribution in [3.05, 3.63) is 122 Å². The lowest BCUT2D eigenvalue weighted by Gasteiger charge is -2.18. The van der Waals surface area contributed by atoms with Crippen LogP contribution < -0.4 is 29.9 Å². The Bertz CT molecular complexity index is 2210. The molecule has 0 saturated carbocycles. The molecule has 0 spiro atoms. The molecule has 5 aromatic rings. The molecule has 58 heavy (non-hydrogen) atoms. The predicted octanol–water partition coefficient (Wildman–Crippen LogP) is 9.13. The predicted molar refractivity (Wildman–Crippen MR) is 234 cm³/mol. The van der Waals surface area contributed by atoms with Crippen molar-refractivity contribution in [2.75, 3.05) is 60.2 Å². The third-order valence-corrected chi connectivity index (χ3v) is 11.3. The fourth-order valence-electron chi connectivity index (χ4n) is 7.90. The second-order valence-corrected chi connectivity index (χ2v) is 15.6. The average molecular weight is 778 g/mol. The number of anilines is 6. The minimum absolute atomic E-state index is 0.822. The van der Waals surface area contributed by atoms with E-state index in [2.05, 4.69) is 141 Å². The number of benzene rings is 4. The van der Waals surface area contributed by atoms with Crippen LogP contribution in [0.3, 0.4) is 0 Å². The van der Waals surface area contributed by atoms with Crippen LogP contribution in [0.25, 0.3) is 0 Å². The van der Waals surface area contributed by atoms with E-state index >= 15 is 0 Å². The number of quaternary nitrogens is 1. The third kappa shape index (κ3) is 10.0. The monoisotopic (exact) mass is 777 g/mol. The Balaban J connectivity index is 0.752. The molecule has 1 unspecified atom stereocenters. The standard InChI is InChI=1S/C46H54N12/c1-53-33-35-57(45(53)51-49-41-15-11-37(12-16-41)47-39-19-23-43(24-20-39)55-27-7-8-28-55)31-5-3-4-6-32-58-36-34-54(2)46(58)52-50-42-17-13-38(14-18-42)48-40-21-25-44(26-22-40)56-29-9-10-30-56/h11-26,33-36H,3-10,27-32H2,1-2H3/p+3. The third-order valence-electron chi connectivity index (χ3n) is 11.3. The van der Waals surface area contributed by atoms with Gasteiger partial charge in [-0.2, -0.15) is 9.48 Å². The van der Waals surface area contributed by atoms with Gasteiger partial charge in [-0.15, -0.1) is 0 Å². The van der Waals surface area contributed by atoms with Gasteiger partial charge in [0.15, 0.2) is 0 Å². The lowest BCUT2D eigenvalue weighted by Crippen LogP contribution is -3.09. The summed E-state index contributed by atoms with van der Waals surface area (Å²) in [5.41, 5.74) is 8.48. The van der Waals surface area contributed by atoms with Crippen LogP contribution >= 0.6 is 0 Å². The molecule has 0 aliphatic carbocycles. The largest absolute Gasteiger partial charge is 0.524 e. The Morgan fingerprint density at radius 3 is 1.59 bits per heavy atom. The number of azo groups is 2. The fourth-order valence-corrected chi connectivity index (χ4v) is 7.90. The molecule has 2 fully saturated rings. The van der Waals surface area contributed by atoms with Gasteiger partial charge in [-0.3, -0.25) is 0 Å². The highest BCUT2D eigenvalue weighted by atomic mass is 15.4. The average Bonchev–Trinajstić information content (AvgIpc) is 4.10. The molecule has 0 amide bonds. The Kier molecular flexibility index (Phi) is 12.6. The minimum Gasteiger partial charge on any atom is -0.372 e. The summed E-state index contributed by atoms with van der Waals surface area (Å²) in [6, 6.07) is 33.7.